The molecule has 2 atom stereocenters. The van der Waals surface area contributed by atoms with Crippen LogP contribution in [0.25, 0.3) is 0 Å². The fourth-order valence-electron chi connectivity index (χ4n) is 1.71. The highest BCUT2D eigenvalue weighted by Gasteiger charge is 2.32. The minimum Gasteiger partial charge on any atom is -0.479 e. The highest BCUT2D eigenvalue weighted by molar-refractivity contribution is 7.91. The molecular formula is C10H17NO6S. The molecular weight excluding hydrogens is 262 g/mol. The van der Waals surface area contributed by atoms with Crippen molar-refractivity contribution in [3.05, 3.63) is 0 Å². The Balaban J connectivity index is 2.38. The number of carbonyl (C=O) groups excluding carboxylic acids is 1. The molecule has 1 aliphatic rings. The minimum atomic E-state index is -3.02. The maximum atomic E-state index is 11.5. The lowest BCUT2D eigenvalue weighted by atomic mass is 10.0. The third kappa shape index (κ3) is 4.26. The standard InChI is InChI=1S/C10H17NO6S/c1-10(15,9(13)14)6-11-8(12)4-7-2-3-18(16,17)5-7/h7,15H,2-6H2,1H3,(H,11,12)(H,13,14). The number of carboxylic acids is 1. The van der Waals surface area contributed by atoms with Gasteiger partial charge in [-0.3, -0.25) is 4.79 Å². The normalized spacial score (nSPS) is 25.3. The van der Waals surface area contributed by atoms with E-state index in [1.54, 1.807) is 0 Å². The van der Waals surface area contributed by atoms with Gasteiger partial charge in [-0.2, -0.15) is 0 Å². The van der Waals surface area contributed by atoms with Gasteiger partial charge in [-0.15, -0.1) is 0 Å². The van der Waals surface area contributed by atoms with Gasteiger partial charge in [0.05, 0.1) is 18.1 Å². The zero-order valence-electron chi connectivity index (χ0n) is 10.0. The van der Waals surface area contributed by atoms with E-state index in [0.29, 0.717) is 6.42 Å². The number of carbonyl (C=O) groups is 2. The van der Waals surface area contributed by atoms with Gasteiger partial charge >= 0.3 is 5.97 Å². The molecule has 8 heteroatoms. The van der Waals surface area contributed by atoms with E-state index in [2.05, 4.69) is 5.32 Å². The van der Waals surface area contributed by atoms with Gasteiger partial charge in [0.2, 0.25) is 5.91 Å². The predicted octanol–water partition coefficient (Wildman–Crippen LogP) is -1.24. The summed E-state index contributed by atoms with van der Waals surface area (Å²) >= 11 is 0. The maximum absolute atomic E-state index is 11.5. The minimum absolute atomic E-state index is 0.00422. The summed E-state index contributed by atoms with van der Waals surface area (Å²) in [5.74, 6) is -2.00. The molecule has 3 N–H and O–H groups in total. The molecule has 2 unspecified atom stereocenters. The molecule has 1 aliphatic heterocycles. The van der Waals surface area contributed by atoms with Gasteiger partial charge in [-0.25, -0.2) is 13.2 Å². The van der Waals surface area contributed by atoms with Crippen molar-refractivity contribution in [1.29, 1.82) is 0 Å². The predicted molar refractivity (Wildman–Crippen MR) is 62.6 cm³/mol. The Morgan fingerprint density at radius 1 is 1.44 bits per heavy atom. The molecule has 0 aromatic carbocycles. The smallest absolute Gasteiger partial charge is 0.337 e. The molecule has 0 radical (unpaired) electrons. The Morgan fingerprint density at radius 3 is 2.50 bits per heavy atom. The van der Waals surface area contributed by atoms with Crippen LogP contribution in [0.1, 0.15) is 19.8 Å². The number of aliphatic carboxylic acids is 1. The van der Waals surface area contributed by atoms with Crippen LogP contribution < -0.4 is 5.32 Å². The van der Waals surface area contributed by atoms with Crippen LogP contribution in [0.4, 0.5) is 0 Å². The van der Waals surface area contributed by atoms with Crippen LogP contribution >= 0.6 is 0 Å². The van der Waals surface area contributed by atoms with Crippen molar-refractivity contribution in [3.8, 4) is 0 Å². The van der Waals surface area contributed by atoms with Gasteiger partial charge in [-0.05, 0) is 19.3 Å². The Kier molecular flexibility index (Phi) is 4.33. The van der Waals surface area contributed by atoms with Crippen LogP contribution in [0.2, 0.25) is 0 Å². The molecule has 0 spiro atoms. The van der Waals surface area contributed by atoms with Crippen LogP contribution in [0.3, 0.4) is 0 Å². The fraction of sp³-hybridized carbons (Fsp3) is 0.800. The van der Waals surface area contributed by atoms with Crippen LogP contribution in [-0.2, 0) is 19.4 Å². The van der Waals surface area contributed by atoms with Crippen molar-refractivity contribution in [3.63, 3.8) is 0 Å². The number of carboxylic acid groups (broad SMARTS) is 1. The molecule has 0 aromatic rings. The van der Waals surface area contributed by atoms with Gasteiger partial charge in [0.1, 0.15) is 0 Å². The van der Waals surface area contributed by atoms with E-state index in [4.69, 9.17) is 5.11 Å². The molecule has 1 saturated heterocycles. The number of amides is 1. The first-order chi connectivity index (χ1) is 8.12. The van der Waals surface area contributed by atoms with E-state index in [9.17, 15) is 23.1 Å². The average Bonchev–Trinajstić information content (AvgIpc) is 2.55. The van der Waals surface area contributed by atoms with Crippen molar-refractivity contribution in [1.82, 2.24) is 5.32 Å². The van der Waals surface area contributed by atoms with E-state index in [0.717, 1.165) is 6.92 Å². The van der Waals surface area contributed by atoms with Crippen LogP contribution in [-0.4, -0.2) is 54.2 Å². The molecule has 1 rings (SSSR count). The van der Waals surface area contributed by atoms with Gasteiger partial charge in [0.15, 0.2) is 15.4 Å². The third-order valence-corrected chi connectivity index (χ3v) is 4.73. The summed E-state index contributed by atoms with van der Waals surface area (Å²) in [4.78, 5) is 22.1. The monoisotopic (exact) mass is 279 g/mol. The zero-order chi connectivity index (χ0) is 14.0. The number of aliphatic hydroxyl groups is 1. The van der Waals surface area contributed by atoms with Crippen molar-refractivity contribution < 1.29 is 28.2 Å². The number of sulfone groups is 1. The lowest BCUT2D eigenvalue weighted by Gasteiger charge is -2.18. The molecule has 18 heavy (non-hydrogen) atoms. The Hall–Kier alpha value is -1.15. The van der Waals surface area contributed by atoms with Crippen LogP contribution in [0.15, 0.2) is 0 Å². The van der Waals surface area contributed by atoms with Crippen LogP contribution in [0.5, 0.6) is 0 Å². The first kappa shape index (κ1) is 14.9. The van der Waals surface area contributed by atoms with Crippen molar-refractivity contribution in [2.75, 3.05) is 18.1 Å². The van der Waals surface area contributed by atoms with Crippen molar-refractivity contribution in [2.45, 2.75) is 25.4 Å². The van der Waals surface area contributed by atoms with E-state index in [1.165, 1.54) is 0 Å². The summed E-state index contributed by atoms with van der Waals surface area (Å²) in [5.41, 5.74) is -2.02. The molecule has 1 fully saturated rings. The van der Waals surface area contributed by atoms with Gasteiger partial charge in [0.25, 0.3) is 0 Å². The summed E-state index contributed by atoms with van der Waals surface area (Å²) in [6.07, 6.45) is 0.486. The topological polar surface area (TPSA) is 121 Å². The van der Waals surface area contributed by atoms with Crippen molar-refractivity contribution in [2.24, 2.45) is 5.92 Å². The largest absolute Gasteiger partial charge is 0.479 e. The zero-order valence-corrected chi connectivity index (χ0v) is 10.9. The lowest BCUT2D eigenvalue weighted by Crippen LogP contribution is -2.46. The van der Waals surface area contributed by atoms with E-state index in [-0.39, 0.29) is 23.8 Å². The summed E-state index contributed by atoms with van der Waals surface area (Å²) in [6, 6.07) is 0. The molecule has 7 nitrogen and oxygen atoms in total. The molecule has 104 valence electrons. The lowest BCUT2D eigenvalue weighted by molar-refractivity contribution is -0.156. The van der Waals surface area contributed by atoms with Gasteiger partial charge in [0, 0.05) is 6.42 Å². The second-order valence-electron chi connectivity index (χ2n) is 4.83. The third-order valence-electron chi connectivity index (χ3n) is 2.89. The Bertz CT molecular complexity index is 441. The number of hydrogen-bond acceptors (Lipinski definition) is 5. The molecule has 0 aromatic heterocycles. The summed E-state index contributed by atoms with van der Waals surface area (Å²) in [5, 5.41) is 20.3. The fourth-order valence-corrected chi connectivity index (χ4v) is 3.58. The maximum Gasteiger partial charge on any atom is 0.337 e. The first-order valence-corrected chi connectivity index (χ1v) is 7.37. The average molecular weight is 279 g/mol. The molecule has 1 heterocycles. The first-order valence-electron chi connectivity index (χ1n) is 5.55. The van der Waals surface area contributed by atoms with E-state index < -0.39 is 33.9 Å². The van der Waals surface area contributed by atoms with E-state index in [1.807, 2.05) is 0 Å². The van der Waals surface area contributed by atoms with E-state index >= 15 is 0 Å². The number of rotatable bonds is 5. The SMILES string of the molecule is CC(O)(CNC(=O)CC1CCS(=O)(=O)C1)C(=O)O. The molecule has 0 bridgehead atoms. The second kappa shape index (κ2) is 5.23. The molecule has 0 aliphatic carbocycles. The Morgan fingerprint density at radius 2 is 2.06 bits per heavy atom. The summed E-state index contributed by atoms with van der Waals surface area (Å²) < 4.78 is 22.4. The summed E-state index contributed by atoms with van der Waals surface area (Å²) in [7, 11) is -3.02. The molecule has 1 amide bonds. The second-order valence-corrected chi connectivity index (χ2v) is 7.06. The van der Waals surface area contributed by atoms with Crippen molar-refractivity contribution >= 4 is 21.7 Å². The highest BCUT2D eigenvalue weighted by Crippen LogP contribution is 2.21. The van der Waals surface area contributed by atoms with Gasteiger partial charge in [-0.1, -0.05) is 0 Å². The van der Waals surface area contributed by atoms with Crippen LogP contribution in [0, 0.1) is 5.92 Å². The highest BCUT2D eigenvalue weighted by atomic mass is 32.2. The number of hydrogen-bond donors (Lipinski definition) is 3. The quantitative estimate of drug-likeness (QED) is 0.579. The number of nitrogens with one attached hydrogen (secondary N) is 1. The van der Waals surface area contributed by atoms with Gasteiger partial charge < -0.3 is 15.5 Å². The summed E-state index contributed by atoms with van der Waals surface area (Å²) in [6.45, 7) is 0.677. The molecule has 0 saturated carbocycles. The Labute approximate surface area is 105 Å².